The fraction of sp³-hybridized carbons (Fsp3) is 0.333. The van der Waals surface area contributed by atoms with Gasteiger partial charge in [-0.15, -0.1) is 0 Å². The number of rotatable bonds is 5. The molecule has 140 valence electrons. The molecule has 1 atom stereocenters. The Balaban J connectivity index is 1.49. The van der Waals surface area contributed by atoms with E-state index in [4.69, 9.17) is 16.9 Å². The maximum Gasteiger partial charge on any atom is 0.282 e. The summed E-state index contributed by atoms with van der Waals surface area (Å²) in [7, 11) is 0. The molecule has 27 heavy (non-hydrogen) atoms. The molecule has 1 aliphatic rings. The van der Waals surface area contributed by atoms with E-state index in [0.29, 0.717) is 10.6 Å². The molecule has 0 spiro atoms. The molecule has 1 heterocycles. The minimum absolute atomic E-state index is 0.0304. The van der Waals surface area contributed by atoms with Crippen molar-refractivity contribution in [3.63, 3.8) is 0 Å². The molecule has 1 aliphatic heterocycles. The van der Waals surface area contributed by atoms with Crippen LogP contribution in [-0.2, 0) is 11.3 Å². The fourth-order valence-corrected chi connectivity index (χ4v) is 3.71. The van der Waals surface area contributed by atoms with Gasteiger partial charge in [-0.25, -0.2) is 0 Å². The van der Waals surface area contributed by atoms with Crippen molar-refractivity contribution >= 4 is 23.2 Å². The topological polar surface area (TPSA) is 61.8 Å². The number of carbonyl (C=O) groups is 1. The Hall–Kier alpha value is -2.39. The van der Waals surface area contributed by atoms with Gasteiger partial charge in [0.2, 0.25) is 0 Å². The summed E-state index contributed by atoms with van der Waals surface area (Å²) >= 11 is 5.98. The Morgan fingerprint density at radius 3 is 2.52 bits per heavy atom. The molecule has 3 N–H and O–H groups in total. The molecule has 0 aromatic heterocycles. The lowest BCUT2D eigenvalue weighted by molar-refractivity contribution is -1.02. The number of nitrogens with one attached hydrogen (secondary N) is 3. The minimum Gasteiger partial charge on any atom is -0.322 e. The molecule has 2 aromatic rings. The van der Waals surface area contributed by atoms with E-state index in [1.54, 1.807) is 12.1 Å². The zero-order chi connectivity index (χ0) is 19.2. The zero-order valence-electron chi connectivity index (χ0n) is 15.5. The van der Waals surface area contributed by atoms with Crippen LogP contribution < -0.4 is 15.1 Å². The lowest BCUT2D eigenvalue weighted by Gasteiger charge is -2.32. The van der Waals surface area contributed by atoms with Crippen LogP contribution in [-0.4, -0.2) is 38.1 Å². The number of benzene rings is 2. The normalized spacial score (nSPS) is 20.5. The van der Waals surface area contributed by atoms with Gasteiger partial charge in [0, 0.05) is 16.3 Å². The second-order valence-electron chi connectivity index (χ2n) is 7.12. The molecule has 0 unspecified atom stereocenters. The second-order valence-corrected chi connectivity index (χ2v) is 7.55. The third-order valence-electron chi connectivity index (χ3n) is 5.23. The molecule has 0 radical (unpaired) electrons. The lowest BCUT2D eigenvalue weighted by atomic mass is 10.1. The Morgan fingerprint density at radius 1 is 1.19 bits per heavy atom. The molecule has 0 aliphatic carbocycles. The van der Waals surface area contributed by atoms with Gasteiger partial charge in [-0.2, -0.15) is 5.26 Å². The summed E-state index contributed by atoms with van der Waals surface area (Å²) < 4.78 is 0. The van der Waals surface area contributed by atoms with Gasteiger partial charge >= 0.3 is 0 Å². The van der Waals surface area contributed by atoms with Crippen LogP contribution in [0, 0.1) is 11.3 Å². The fourth-order valence-electron chi connectivity index (χ4n) is 3.52. The van der Waals surface area contributed by atoms with Crippen molar-refractivity contribution in [1.29, 1.82) is 5.26 Å². The van der Waals surface area contributed by atoms with E-state index in [1.165, 1.54) is 15.4 Å². The molecule has 1 saturated heterocycles. The van der Waals surface area contributed by atoms with E-state index in [-0.39, 0.29) is 11.9 Å². The van der Waals surface area contributed by atoms with Crippen LogP contribution in [0.15, 0.2) is 48.5 Å². The van der Waals surface area contributed by atoms with Gasteiger partial charge in [0.1, 0.15) is 32.7 Å². The van der Waals surface area contributed by atoms with E-state index in [2.05, 4.69) is 11.4 Å². The van der Waals surface area contributed by atoms with Crippen molar-refractivity contribution in [3.8, 4) is 6.07 Å². The molecule has 1 fully saturated rings. The van der Waals surface area contributed by atoms with Gasteiger partial charge in [0.25, 0.3) is 5.91 Å². The highest BCUT2D eigenvalue weighted by Crippen LogP contribution is 2.14. The van der Waals surface area contributed by atoms with Crippen molar-refractivity contribution < 1.29 is 14.6 Å². The van der Waals surface area contributed by atoms with Crippen molar-refractivity contribution in [2.45, 2.75) is 19.5 Å². The van der Waals surface area contributed by atoms with Crippen LogP contribution in [0.5, 0.6) is 0 Å². The van der Waals surface area contributed by atoms with Crippen molar-refractivity contribution in [3.05, 3.63) is 64.7 Å². The summed E-state index contributed by atoms with van der Waals surface area (Å²) in [4.78, 5) is 15.4. The Morgan fingerprint density at radius 2 is 1.89 bits per heavy atom. The third kappa shape index (κ3) is 5.30. The number of anilines is 1. The predicted molar refractivity (Wildman–Crippen MR) is 106 cm³/mol. The summed E-state index contributed by atoms with van der Waals surface area (Å²) in [6.07, 6.45) is 0. The second kappa shape index (κ2) is 9.01. The average molecular weight is 385 g/mol. The number of halogens is 1. The summed E-state index contributed by atoms with van der Waals surface area (Å²) in [6, 6.07) is 17.1. The summed E-state index contributed by atoms with van der Waals surface area (Å²) in [5, 5.41) is 12.5. The molecule has 1 amide bonds. The highest BCUT2D eigenvalue weighted by molar-refractivity contribution is 6.30. The summed E-state index contributed by atoms with van der Waals surface area (Å²) in [5.74, 6) is 0.0304. The van der Waals surface area contributed by atoms with Gasteiger partial charge in [0.05, 0.1) is 11.6 Å². The van der Waals surface area contributed by atoms with Gasteiger partial charge < -0.3 is 15.1 Å². The summed E-state index contributed by atoms with van der Waals surface area (Å²) in [6.45, 7) is 6.95. The van der Waals surface area contributed by atoms with Crippen LogP contribution >= 0.6 is 11.6 Å². The van der Waals surface area contributed by atoms with Crippen LogP contribution in [0.3, 0.4) is 0 Å². The number of quaternary nitrogens is 2. The standard InChI is InChI=1S/C21H23ClN4O/c1-16(21(27)24-20-4-2-3-19(22)13-20)26-11-9-25(10-12-26)15-18-7-5-17(14-23)6-8-18/h2-8,13,16H,9-12,15H2,1H3,(H,24,27)/p+2/t16-/m0/s1. The number of hydrogen-bond donors (Lipinski definition) is 3. The van der Waals surface area contributed by atoms with Crippen molar-refractivity contribution in [2.24, 2.45) is 0 Å². The van der Waals surface area contributed by atoms with Crippen LogP contribution in [0.1, 0.15) is 18.1 Å². The van der Waals surface area contributed by atoms with E-state index in [1.807, 2.05) is 43.3 Å². The van der Waals surface area contributed by atoms with Gasteiger partial charge in [-0.3, -0.25) is 4.79 Å². The Bertz CT molecular complexity index is 823. The lowest BCUT2D eigenvalue weighted by Crippen LogP contribution is -3.29. The van der Waals surface area contributed by atoms with Crippen LogP contribution in [0.4, 0.5) is 5.69 Å². The number of carbonyl (C=O) groups excluding carboxylic acids is 1. The Kier molecular flexibility index (Phi) is 6.46. The molecular formula is C21H25ClN4O+2. The van der Waals surface area contributed by atoms with Crippen molar-refractivity contribution in [2.75, 3.05) is 31.5 Å². The number of piperazine rings is 1. The number of nitrogens with zero attached hydrogens (tertiary/aromatic N) is 1. The first kappa shape index (κ1) is 19.4. The number of amides is 1. The molecular weight excluding hydrogens is 360 g/mol. The maximum atomic E-state index is 12.5. The molecule has 3 rings (SSSR count). The monoisotopic (exact) mass is 384 g/mol. The number of hydrogen-bond acceptors (Lipinski definition) is 2. The smallest absolute Gasteiger partial charge is 0.282 e. The van der Waals surface area contributed by atoms with E-state index >= 15 is 0 Å². The summed E-state index contributed by atoms with van der Waals surface area (Å²) in [5.41, 5.74) is 2.69. The molecule has 2 aromatic carbocycles. The first-order valence-corrected chi connectivity index (χ1v) is 9.66. The molecule has 0 bridgehead atoms. The van der Waals surface area contributed by atoms with Crippen LogP contribution in [0.2, 0.25) is 5.02 Å². The van der Waals surface area contributed by atoms with Gasteiger partial charge in [-0.1, -0.05) is 29.8 Å². The van der Waals surface area contributed by atoms with E-state index in [9.17, 15) is 4.79 Å². The van der Waals surface area contributed by atoms with E-state index < -0.39 is 0 Å². The first-order chi connectivity index (χ1) is 13.0. The molecule has 0 saturated carbocycles. The number of nitriles is 1. The quantitative estimate of drug-likeness (QED) is 0.704. The SMILES string of the molecule is C[C@@H](C(=O)Nc1cccc(Cl)c1)[NH+]1CC[NH+](Cc2ccc(C#N)cc2)CC1. The predicted octanol–water partition coefficient (Wildman–Crippen LogP) is 0.522. The van der Waals surface area contributed by atoms with E-state index in [0.717, 1.165) is 38.4 Å². The molecule has 5 nitrogen and oxygen atoms in total. The largest absolute Gasteiger partial charge is 0.322 e. The van der Waals surface area contributed by atoms with Crippen LogP contribution in [0.25, 0.3) is 0 Å². The van der Waals surface area contributed by atoms with Crippen molar-refractivity contribution in [1.82, 2.24) is 0 Å². The van der Waals surface area contributed by atoms with Gasteiger partial charge in [-0.05, 0) is 37.3 Å². The third-order valence-corrected chi connectivity index (χ3v) is 5.47. The van der Waals surface area contributed by atoms with Gasteiger partial charge in [0.15, 0.2) is 6.04 Å². The molecule has 6 heteroatoms. The minimum atomic E-state index is -0.0968. The highest BCUT2D eigenvalue weighted by Gasteiger charge is 2.31. The first-order valence-electron chi connectivity index (χ1n) is 9.29. The average Bonchev–Trinajstić information content (AvgIpc) is 2.68. The highest BCUT2D eigenvalue weighted by atomic mass is 35.5. The Labute approximate surface area is 165 Å². The maximum absolute atomic E-state index is 12.5. The zero-order valence-corrected chi connectivity index (χ0v) is 16.2.